The molecule has 0 aliphatic heterocycles. The molecule has 0 bridgehead atoms. The van der Waals surface area contributed by atoms with Crippen molar-refractivity contribution in [3.63, 3.8) is 0 Å². The van der Waals surface area contributed by atoms with Gasteiger partial charge in [0.15, 0.2) is 0 Å². The fourth-order valence-corrected chi connectivity index (χ4v) is 1.72. The van der Waals surface area contributed by atoms with Crippen LogP contribution >= 0.6 is 0 Å². The molecule has 0 radical (unpaired) electrons. The second-order valence-corrected chi connectivity index (χ2v) is 5.23. The lowest BCUT2D eigenvalue weighted by atomic mass is 9.93. The third kappa shape index (κ3) is 4.29. The molecule has 1 atom stereocenters. The van der Waals surface area contributed by atoms with Crippen LogP contribution in [0.1, 0.15) is 33.6 Å². The number of rotatable bonds is 6. The van der Waals surface area contributed by atoms with E-state index in [1.807, 2.05) is 31.2 Å². The van der Waals surface area contributed by atoms with Crippen LogP contribution in [0.15, 0.2) is 24.3 Å². The van der Waals surface area contributed by atoms with Crippen LogP contribution in [0.25, 0.3) is 0 Å². The topological polar surface area (TPSA) is 45.0 Å². The average molecular weight is 246 g/mol. The van der Waals surface area contributed by atoms with Crippen molar-refractivity contribution in [2.45, 2.75) is 39.2 Å². The molecule has 98 valence electrons. The quantitative estimate of drug-likeness (QED) is 0.829. The van der Waals surface area contributed by atoms with E-state index in [0.29, 0.717) is 5.92 Å². The van der Waals surface area contributed by atoms with Gasteiger partial charge in [-0.15, -0.1) is 0 Å². The number of benzene rings is 1. The molecule has 3 nitrogen and oxygen atoms in total. The predicted octanol–water partition coefficient (Wildman–Crippen LogP) is 3.83. The zero-order chi connectivity index (χ0) is 13.6. The van der Waals surface area contributed by atoms with Crippen LogP contribution < -0.4 is 10.1 Å². The first-order valence-corrected chi connectivity index (χ1v) is 6.32. The Morgan fingerprint density at radius 2 is 1.94 bits per heavy atom. The maximum atomic E-state index is 9.32. The molecule has 0 aromatic heterocycles. The summed E-state index contributed by atoms with van der Waals surface area (Å²) in [6.07, 6.45) is 1.88. The van der Waals surface area contributed by atoms with Gasteiger partial charge in [0.25, 0.3) is 0 Å². The van der Waals surface area contributed by atoms with E-state index >= 15 is 0 Å². The Morgan fingerprint density at radius 3 is 2.39 bits per heavy atom. The van der Waals surface area contributed by atoms with Crippen molar-refractivity contribution in [2.75, 3.05) is 12.4 Å². The van der Waals surface area contributed by atoms with Gasteiger partial charge in [-0.05, 0) is 49.9 Å². The summed E-state index contributed by atoms with van der Waals surface area (Å²) >= 11 is 0. The van der Waals surface area contributed by atoms with Crippen LogP contribution in [0.4, 0.5) is 5.69 Å². The summed E-state index contributed by atoms with van der Waals surface area (Å²) in [4.78, 5) is 0. The first kappa shape index (κ1) is 14.4. The fourth-order valence-electron chi connectivity index (χ4n) is 1.72. The molecule has 0 saturated heterocycles. The Kier molecular flexibility index (Phi) is 5.03. The lowest BCUT2D eigenvalue weighted by molar-refractivity contribution is 0.415. The van der Waals surface area contributed by atoms with E-state index in [0.717, 1.165) is 24.3 Å². The molecule has 1 aromatic carbocycles. The zero-order valence-corrected chi connectivity index (χ0v) is 11.7. The number of hydrogen-bond donors (Lipinski definition) is 1. The third-order valence-corrected chi connectivity index (χ3v) is 2.98. The summed E-state index contributed by atoms with van der Waals surface area (Å²) < 4.78 is 5.11. The summed E-state index contributed by atoms with van der Waals surface area (Å²) in [6, 6.07) is 10.0. The number of nitriles is 1. The van der Waals surface area contributed by atoms with Crippen LogP contribution in [-0.4, -0.2) is 12.6 Å². The highest BCUT2D eigenvalue weighted by molar-refractivity contribution is 5.49. The molecule has 0 fully saturated rings. The van der Waals surface area contributed by atoms with Gasteiger partial charge in [0, 0.05) is 5.69 Å². The highest BCUT2D eigenvalue weighted by atomic mass is 16.5. The molecule has 0 saturated carbocycles. The van der Waals surface area contributed by atoms with Gasteiger partial charge in [-0.25, -0.2) is 0 Å². The lowest BCUT2D eigenvalue weighted by Gasteiger charge is -2.25. The van der Waals surface area contributed by atoms with Gasteiger partial charge in [0.2, 0.25) is 0 Å². The van der Waals surface area contributed by atoms with E-state index < -0.39 is 5.54 Å². The van der Waals surface area contributed by atoms with Crippen molar-refractivity contribution in [1.29, 1.82) is 5.26 Å². The van der Waals surface area contributed by atoms with E-state index in [4.69, 9.17) is 4.74 Å². The fraction of sp³-hybridized carbons (Fsp3) is 0.533. The Morgan fingerprint density at radius 1 is 1.33 bits per heavy atom. The van der Waals surface area contributed by atoms with E-state index in [2.05, 4.69) is 25.2 Å². The van der Waals surface area contributed by atoms with E-state index in [1.165, 1.54) is 0 Å². The Bertz CT molecular complexity index is 405. The molecule has 0 aliphatic rings. The molecule has 0 amide bonds. The Labute approximate surface area is 110 Å². The number of anilines is 1. The van der Waals surface area contributed by atoms with Gasteiger partial charge in [0.1, 0.15) is 11.3 Å². The highest BCUT2D eigenvalue weighted by Gasteiger charge is 2.23. The monoisotopic (exact) mass is 246 g/mol. The molecular weight excluding hydrogens is 224 g/mol. The summed E-state index contributed by atoms with van der Waals surface area (Å²) in [6.45, 7) is 6.29. The smallest absolute Gasteiger partial charge is 0.122 e. The molecule has 1 unspecified atom stereocenters. The highest BCUT2D eigenvalue weighted by Crippen LogP contribution is 2.23. The van der Waals surface area contributed by atoms with Gasteiger partial charge in [0.05, 0.1) is 13.2 Å². The minimum Gasteiger partial charge on any atom is -0.497 e. The van der Waals surface area contributed by atoms with E-state index in [9.17, 15) is 5.26 Å². The SMILES string of the molecule is COc1ccc(NC(C)(C#N)CCC(C)C)cc1. The summed E-state index contributed by atoms with van der Waals surface area (Å²) in [5.74, 6) is 1.43. The number of ether oxygens (including phenoxy) is 1. The minimum atomic E-state index is -0.515. The van der Waals surface area contributed by atoms with Crippen LogP contribution in [-0.2, 0) is 0 Å². The molecule has 0 spiro atoms. The number of hydrogen-bond acceptors (Lipinski definition) is 3. The molecule has 0 heterocycles. The third-order valence-electron chi connectivity index (χ3n) is 2.98. The van der Waals surface area contributed by atoms with E-state index in [1.54, 1.807) is 7.11 Å². The second kappa shape index (κ2) is 6.30. The lowest BCUT2D eigenvalue weighted by Crippen LogP contribution is -2.33. The summed E-state index contributed by atoms with van der Waals surface area (Å²) in [5, 5.41) is 12.6. The first-order chi connectivity index (χ1) is 8.49. The van der Waals surface area contributed by atoms with Crippen LogP contribution in [0.3, 0.4) is 0 Å². The van der Waals surface area contributed by atoms with Crippen molar-refractivity contribution >= 4 is 5.69 Å². The summed E-state index contributed by atoms with van der Waals surface area (Å²) in [5.41, 5.74) is 0.433. The van der Waals surface area contributed by atoms with Gasteiger partial charge in [-0.3, -0.25) is 0 Å². The van der Waals surface area contributed by atoms with Crippen LogP contribution in [0.5, 0.6) is 5.75 Å². The largest absolute Gasteiger partial charge is 0.497 e. The van der Waals surface area contributed by atoms with Gasteiger partial charge in [-0.2, -0.15) is 5.26 Å². The van der Waals surface area contributed by atoms with Crippen molar-refractivity contribution in [2.24, 2.45) is 5.92 Å². The molecule has 1 N–H and O–H groups in total. The predicted molar refractivity (Wildman–Crippen MR) is 74.7 cm³/mol. The van der Waals surface area contributed by atoms with Crippen LogP contribution in [0, 0.1) is 17.2 Å². The molecular formula is C15H22N2O. The summed E-state index contributed by atoms with van der Waals surface area (Å²) in [7, 11) is 1.64. The zero-order valence-electron chi connectivity index (χ0n) is 11.7. The van der Waals surface area contributed by atoms with Crippen molar-refractivity contribution in [3.05, 3.63) is 24.3 Å². The second-order valence-electron chi connectivity index (χ2n) is 5.23. The standard InChI is InChI=1S/C15H22N2O/c1-12(2)9-10-15(3,11-16)17-13-5-7-14(18-4)8-6-13/h5-8,12,17H,9-10H2,1-4H3. The maximum Gasteiger partial charge on any atom is 0.122 e. The number of nitrogens with zero attached hydrogens (tertiary/aromatic N) is 1. The van der Waals surface area contributed by atoms with Crippen molar-refractivity contribution < 1.29 is 4.74 Å². The molecule has 1 aromatic rings. The maximum absolute atomic E-state index is 9.32. The van der Waals surface area contributed by atoms with E-state index in [-0.39, 0.29) is 0 Å². The van der Waals surface area contributed by atoms with Gasteiger partial charge < -0.3 is 10.1 Å². The molecule has 3 heteroatoms. The minimum absolute atomic E-state index is 0.515. The molecule has 0 aliphatic carbocycles. The molecule has 18 heavy (non-hydrogen) atoms. The van der Waals surface area contributed by atoms with Gasteiger partial charge >= 0.3 is 0 Å². The Hall–Kier alpha value is -1.69. The van der Waals surface area contributed by atoms with Crippen molar-refractivity contribution in [3.8, 4) is 11.8 Å². The van der Waals surface area contributed by atoms with Crippen LogP contribution in [0.2, 0.25) is 0 Å². The average Bonchev–Trinajstić information content (AvgIpc) is 2.37. The molecule has 1 rings (SSSR count). The first-order valence-electron chi connectivity index (χ1n) is 6.32. The number of methoxy groups -OCH3 is 1. The number of nitrogens with one attached hydrogen (secondary N) is 1. The Balaban J connectivity index is 2.69. The van der Waals surface area contributed by atoms with Gasteiger partial charge in [-0.1, -0.05) is 13.8 Å². The normalized spacial score (nSPS) is 13.8. The van der Waals surface area contributed by atoms with Crippen molar-refractivity contribution in [1.82, 2.24) is 0 Å².